The van der Waals surface area contributed by atoms with Gasteiger partial charge < -0.3 is 5.73 Å². The molecule has 0 amide bonds. The van der Waals surface area contributed by atoms with Gasteiger partial charge in [-0.2, -0.15) is 0 Å². The molecular weight excluding hydrogens is 192 g/mol. The molecule has 2 N–H and O–H groups in total. The molecule has 0 saturated carbocycles. The molecule has 1 aromatic heterocycles. The van der Waals surface area contributed by atoms with Gasteiger partial charge in [0.15, 0.2) is 0 Å². The second kappa shape index (κ2) is 4.89. The van der Waals surface area contributed by atoms with E-state index in [1.165, 1.54) is 17.7 Å². The van der Waals surface area contributed by atoms with Crippen LogP contribution in [0.15, 0.2) is 6.20 Å². The van der Waals surface area contributed by atoms with Crippen LogP contribution in [0, 0.1) is 12.3 Å². The molecule has 1 atom stereocenters. The van der Waals surface area contributed by atoms with Crippen LogP contribution in [0.2, 0.25) is 0 Å². The summed E-state index contributed by atoms with van der Waals surface area (Å²) in [6, 6.07) is 0. The average molecular weight is 212 g/mol. The molecule has 0 aliphatic heterocycles. The molecule has 0 fully saturated rings. The number of nitrogens with two attached hydrogens (primary N) is 1. The molecular formula is C11H20N2S. The zero-order valence-corrected chi connectivity index (χ0v) is 10.2. The largest absolute Gasteiger partial charge is 0.330 e. The van der Waals surface area contributed by atoms with Crippen molar-refractivity contribution >= 4 is 11.3 Å². The van der Waals surface area contributed by atoms with E-state index in [2.05, 4.69) is 18.8 Å². The molecule has 1 heterocycles. The Bertz CT molecular complexity index is 283. The predicted octanol–water partition coefficient (Wildman–Crippen LogP) is 2.76. The van der Waals surface area contributed by atoms with Gasteiger partial charge in [-0.25, -0.2) is 4.98 Å². The Morgan fingerprint density at radius 3 is 2.71 bits per heavy atom. The van der Waals surface area contributed by atoms with Crippen molar-refractivity contribution in [2.45, 2.75) is 40.0 Å². The number of aryl methyl sites for hydroxylation is 1. The molecule has 0 bridgehead atoms. The molecule has 2 nitrogen and oxygen atoms in total. The fourth-order valence-corrected chi connectivity index (χ4v) is 2.78. The second-order valence-electron chi connectivity index (χ2n) is 4.29. The Morgan fingerprint density at radius 2 is 2.29 bits per heavy atom. The highest BCUT2D eigenvalue weighted by atomic mass is 32.1. The molecule has 1 rings (SSSR count). The van der Waals surface area contributed by atoms with Crippen LogP contribution in [0.3, 0.4) is 0 Å². The van der Waals surface area contributed by atoms with Crippen molar-refractivity contribution < 1.29 is 0 Å². The molecule has 0 aromatic carbocycles. The molecule has 0 saturated heterocycles. The molecule has 0 aliphatic rings. The third-order valence-electron chi connectivity index (χ3n) is 2.62. The monoisotopic (exact) mass is 212 g/mol. The smallest absolute Gasteiger partial charge is 0.0896 e. The Morgan fingerprint density at radius 1 is 1.57 bits per heavy atom. The van der Waals surface area contributed by atoms with Crippen LogP contribution in [0.4, 0.5) is 0 Å². The predicted molar refractivity (Wildman–Crippen MR) is 62.6 cm³/mol. The SMILES string of the molecule is CCCC(C)(CN)Cc1cnc(C)s1. The van der Waals surface area contributed by atoms with Gasteiger partial charge in [-0.05, 0) is 31.7 Å². The zero-order chi connectivity index (χ0) is 10.6. The summed E-state index contributed by atoms with van der Waals surface area (Å²) in [5, 5.41) is 1.15. The average Bonchev–Trinajstić information content (AvgIpc) is 2.51. The number of thiazole rings is 1. The number of aromatic nitrogens is 1. The maximum Gasteiger partial charge on any atom is 0.0896 e. The van der Waals surface area contributed by atoms with Gasteiger partial charge in [0, 0.05) is 11.1 Å². The van der Waals surface area contributed by atoms with Crippen LogP contribution in [0.5, 0.6) is 0 Å². The lowest BCUT2D eigenvalue weighted by Crippen LogP contribution is -2.29. The van der Waals surface area contributed by atoms with Gasteiger partial charge in [-0.3, -0.25) is 0 Å². The summed E-state index contributed by atoms with van der Waals surface area (Å²) in [4.78, 5) is 5.64. The van der Waals surface area contributed by atoms with Gasteiger partial charge in [0.2, 0.25) is 0 Å². The first kappa shape index (κ1) is 11.7. The molecule has 1 aromatic rings. The van der Waals surface area contributed by atoms with E-state index >= 15 is 0 Å². The van der Waals surface area contributed by atoms with E-state index < -0.39 is 0 Å². The summed E-state index contributed by atoms with van der Waals surface area (Å²) in [5.74, 6) is 0. The summed E-state index contributed by atoms with van der Waals surface area (Å²) in [6.45, 7) is 7.29. The lowest BCUT2D eigenvalue weighted by atomic mass is 9.82. The first-order valence-corrected chi connectivity index (χ1v) is 6.02. The van der Waals surface area contributed by atoms with Crippen molar-refractivity contribution in [1.82, 2.24) is 4.98 Å². The fraction of sp³-hybridized carbons (Fsp3) is 0.727. The highest BCUT2D eigenvalue weighted by molar-refractivity contribution is 7.11. The van der Waals surface area contributed by atoms with Gasteiger partial charge in [0.05, 0.1) is 5.01 Å². The Hall–Kier alpha value is -0.410. The lowest BCUT2D eigenvalue weighted by Gasteiger charge is -2.26. The van der Waals surface area contributed by atoms with E-state index in [4.69, 9.17) is 5.73 Å². The van der Waals surface area contributed by atoms with Gasteiger partial charge in [-0.1, -0.05) is 20.3 Å². The highest BCUT2D eigenvalue weighted by Gasteiger charge is 2.22. The maximum atomic E-state index is 5.83. The summed E-state index contributed by atoms with van der Waals surface area (Å²) in [5.41, 5.74) is 6.09. The Labute approximate surface area is 90.6 Å². The first-order chi connectivity index (χ1) is 6.59. The number of nitrogens with zero attached hydrogens (tertiary/aromatic N) is 1. The molecule has 0 aliphatic carbocycles. The van der Waals surface area contributed by atoms with Gasteiger partial charge >= 0.3 is 0 Å². The van der Waals surface area contributed by atoms with Crippen molar-refractivity contribution in [3.05, 3.63) is 16.1 Å². The highest BCUT2D eigenvalue weighted by Crippen LogP contribution is 2.29. The molecule has 80 valence electrons. The van der Waals surface area contributed by atoms with Crippen LogP contribution >= 0.6 is 11.3 Å². The summed E-state index contributed by atoms with van der Waals surface area (Å²) < 4.78 is 0. The quantitative estimate of drug-likeness (QED) is 0.815. The Balaban J connectivity index is 2.64. The van der Waals surface area contributed by atoms with Crippen molar-refractivity contribution in [3.8, 4) is 0 Å². The van der Waals surface area contributed by atoms with Crippen LogP contribution in [0.1, 0.15) is 36.6 Å². The minimum absolute atomic E-state index is 0.258. The van der Waals surface area contributed by atoms with E-state index in [9.17, 15) is 0 Å². The molecule has 14 heavy (non-hydrogen) atoms. The van der Waals surface area contributed by atoms with Crippen LogP contribution < -0.4 is 5.73 Å². The van der Waals surface area contributed by atoms with Gasteiger partial charge in [0.25, 0.3) is 0 Å². The fourth-order valence-electron chi connectivity index (χ4n) is 1.77. The van der Waals surface area contributed by atoms with Gasteiger partial charge in [-0.15, -0.1) is 11.3 Å². The van der Waals surface area contributed by atoms with E-state index in [0.717, 1.165) is 18.0 Å². The van der Waals surface area contributed by atoms with E-state index in [1.807, 2.05) is 13.1 Å². The van der Waals surface area contributed by atoms with Crippen molar-refractivity contribution in [3.63, 3.8) is 0 Å². The third kappa shape index (κ3) is 3.07. The van der Waals surface area contributed by atoms with Crippen molar-refractivity contribution in [2.75, 3.05) is 6.54 Å². The lowest BCUT2D eigenvalue weighted by molar-refractivity contribution is 0.304. The van der Waals surface area contributed by atoms with E-state index in [1.54, 1.807) is 11.3 Å². The van der Waals surface area contributed by atoms with E-state index in [0.29, 0.717) is 0 Å². The van der Waals surface area contributed by atoms with Crippen LogP contribution in [-0.2, 0) is 6.42 Å². The molecule has 0 radical (unpaired) electrons. The van der Waals surface area contributed by atoms with Gasteiger partial charge in [0.1, 0.15) is 0 Å². The third-order valence-corrected chi connectivity index (χ3v) is 3.53. The van der Waals surface area contributed by atoms with Crippen molar-refractivity contribution in [1.29, 1.82) is 0 Å². The summed E-state index contributed by atoms with van der Waals surface area (Å²) in [6.07, 6.45) is 5.46. The molecule has 0 spiro atoms. The maximum absolute atomic E-state index is 5.83. The number of hydrogen-bond acceptors (Lipinski definition) is 3. The Kier molecular flexibility index (Phi) is 4.08. The van der Waals surface area contributed by atoms with Crippen LogP contribution in [-0.4, -0.2) is 11.5 Å². The zero-order valence-electron chi connectivity index (χ0n) is 9.34. The number of rotatable bonds is 5. The second-order valence-corrected chi connectivity index (χ2v) is 5.61. The topological polar surface area (TPSA) is 38.9 Å². The minimum Gasteiger partial charge on any atom is -0.330 e. The van der Waals surface area contributed by atoms with Crippen LogP contribution in [0.25, 0.3) is 0 Å². The number of hydrogen-bond donors (Lipinski definition) is 1. The summed E-state index contributed by atoms with van der Waals surface area (Å²) in [7, 11) is 0. The summed E-state index contributed by atoms with van der Waals surface area (Å²) >= 11 is 1.79. The standard InChI is InChI=1S/C11H20N2S/c1-4-5-11(3,8-12)6-10-7-13-9(2)14-10/h7H,4-6,8,12H2,1-3H3. The minimum atomic E-state index is 0.258. The first-order valence-electron chi connectivity index (χ1n) is 5.21. The molecule has 1 unspecified atom stereocenters. The molecule has 3 heteroatoms. The van der Waals surface area contributed by atoms with Crippen molar-refractivity contribution in [2.24, 2.45) is 11.1 Å². The van der Waals surface area contributed by atoms with E-state index in [-0.39, 0.29) is 5.41 Å². The normalized spacial score (nSPS) is 15.4.